The van der Waals surface area contributed by atoms with E-state index in [4.69, 9.17) is 47.8 Å². The average molecular weight is 644 g/mol. The van der Waals surface area contributed by atoms with Crippen LogP contribution in [0.5, 0.6) is 0 Å². The molecular weight excluding hydrogens is 613 g/mol. The Hall–Kier alpha value is -3.37. The van der Waals surface area contributed by atoms with E-state index in [1.54, 1.807) is 59.5 Å². The highest BCUT2D eigenvalue weighted by atomic mass is 35.5. The van der Waals surface area contributed by atoms with Crippen LogP contribution in [-0.2, 0) is 27.3 Å². The molecule has 13 heteroatoms. The van der Waals surface area contributed by atoms with E-state index in [-0.39, 0.29) is 24.6 Å². The molecule has 0 saturated heterocycles. The van der Waals surface area contributed by atoms with Crippen molar-refractivity contribution in [3.8, 4) is 6.07 Å². The molecule has 2 heterocycles. The van der Waals surface area contributed by atoms with Gasteiger partial charge in [0.25, 0.3) is 11.8 Å². The van der Waals surface area contributed by atoms with E-state index in [1.165, 1.54) is 6.20 Å². The quantitative estimate of drug-likeness (QED) is 0.292. The summed E-state index contributed by atoms with van der Waals surface area (Å²) >= 11 is 11.1. The lowest BCUT2D eigenvalue weighted by molar-refractivity contribution is -0.138. The Morgan fingerprint density at radius 2 is 1.91 bits per heavy atom. The number of aromatic nitrogens is 1. The molecule has 5 rings (SSSR count). The summed E-state index contributed by atoms with van der Waals surface area (Å²) in [5.74, 6) is -1.45. The smallest absolute Gasteiger partial charge is 0.255 e. The number of carbonyl (C=O) groups excluding carboxylic acids is 2. The number of nitrogens with two attached hydrogens (primary N) is 1. The van der Waals surface area contributed by atoms with E-state index >= 15 is 0 Å². The highest BCUT2D eigenvalue weighted by Crippen LogP contribution is 2.47. The van der Waals surface area contributed by atoms with Gasteiger partial charge in [0.15, 0.2) is 0 Å². The molecule has 2 amide bonds. The van der Waals surface area contributed by atoms with Gasteiger partial charge in [-0.25, -0.2) is 5.48 Å². The van der Waals surface area contributed by atoms with Crippen molar-refractivity contribution in [2.45, 2.75) is 56.3 Å². The number of hydrogen-bond donors (Lipinski definition) is 2. The third kappa shape index (κ3) is 7.78. The molecule has 0 spiro atoms. The molecule has 0 bridgehead atoms. The van der Waals surface area contributed by atoms with Gasteiger partial charge in [-0.2, -0.15) is 5.26 Å². The van der Waals surface area contributed by atoms with Crippen LogP contribution in [0.3, 0.4) is 0 Å². The molecule has 2 aromatic carbocycles. The van der Waals surface area contributed by atoms with Crippen molar-refractivity contribution in [3.63, 3.8) is 0 Å². The Kier molecular flexibility index (Phi) is 11.3. The standard InChI is InChI=1S/C29H27Cl2N5O3.CH4O2S/c30-18-10-12-22(23(31)13-18)27-26(28(37)35-39-16-19-11-9-17(14-32)15-34-19)20-5-1-2-6-21(20)29(38)36(27)25-8-4-3-7-24(25)33;1-4(2)3/h1-2,5-6,9-13,15,24-27H,3-4,7-8,16,33H2,(H,35,37);1H3,(H,2,3)/p-1/t24-,25-,26+,27-;/m0./s1. The van der Waals surface area contributed by atoms with Crippen LogP contribution in [0, 0.1) is 11.3 Å². The van der Waals surface area contributed by atoms with Crippen LogP contribution in [0.15, 0.2) is 60.8 Å². The maximum atomic E-state index is 14.1. The topological polar surface area (TPSA) is 161 Å². The largest absolute Gasteiger partial charge is 0.773 e. The SMILES string of the molecule is CS(=O)[O-].N#Cc1ccc(CONC(=O)[C@@H]2c3ccccc3C(=O)N([C@H]3CCCC[C@@H]3N)[C@H]2c2ccc(Cl)cc2Cl)nc1. The Morgan fingerprint density at radius 1 is 1.19 bits per heavy atom. The number of carbonyl (C=O) groups is 2. The summed E-state index contributed by atoms with van der Waals surface area (Å²) < 4.78 is 18.0. The normalized spacial score (nSPS) is 22.0. The zero-order chi connectivity index (χ0) is 31.1. The summed E-state index contributed by atoms with van der Waals surface area (Å²) in [6.07, 6.45) is 5.96. The number of amides is 2. The molecule has 5 atom stereocenters. The Morgan fingerprint density at radius 3 is 2.56 bits per heavy atom. The summed E-state index contributed by atoms with van der Waals surface area (Å²) in [6, 6.07) is 16.3. The molecule has 1 saturated carbocycles. The summed E-state index contributed by atoms with van der Waals surface area (Å²) in [7, 11) is 0. The number of rotatable bonds is 6. The van der Waals surface area contributed by atoms with Crippen molar-refractivity contribution in [1.82, 2.24) is 15.4 Å². The first-order valence-corrected chi connectivity index (χ1v) is 15.8. The first kappa shape index (κ1) is 32.5. The van der Waals surface area contributed by atoms with E-state index in [1.807, 2.05) is 6.07 Å². The summed E-state index contributed by atoms with van der Waals surface area (Å²) in [5, 5.41) is 9.78. The lowest BCUT2D eigenvalue weighted by Crippen LogP contribution is -2.57. The van der Waals surface area contributed by atoms with Gasteiger partial charge in [0.1, 0.15) is 12.7 Å². The molecule has 2 aliphatic rings. The van der Waals surface area contributed by atoms with E-state index in [0.29, 0.717) is 38.0 Å². The minimum absolute atomic E-state index is 0.00563. The fourth-order valence-electron chi connectivity index (χ4n) is 5.58. The van der Waals surface area contributed by atoms with E-state index in [9.17, 15) is 9.59 Å². The molecule has 1 aromatic heterocycles. The van der Waals surface area contributed by atoms with E-state index in [0.717, 1.165) is 31.9 Å². The van der Waals surface area contributed by atoms with Gasteiger partial charge in [0.05, 0.1) is 23.2 Å². The highest BCUT2D eigenvalue weighted by molar-refractivity contribution is 7.78. The Labute approximate surface area is 262 Å². The number of fused-ring (bicyclic) bond motifs is 1. The molecule has 10 nitrogen and oxygen atoms in total. The van der Waals surface area contributed by atoms with Crippen molar-refractivity contribution in [1.29, 1.82) is 5.26 Å². The van der Waals surface area contributed by atoms with Crippen molar-refractivity contribution < 1.29 is 23.2 Å². The molecule has 1 unspecified atom stereocenters. The lowest BCUT2D eigenvalue weighted by Gasteiger charge is -2.48. The summed E-state index contributed by atoms with van der Waals surface area (Å²) in [5.41, 5.74) is 11.8. The molecule has 0 radical (unpaired) electrons. The van der Waals surface area contributed by atoms with Crippen LogP contribution in [0.4, 0.5) is 0 Å². The molecule has 3 aromatic rings. The first-order chi connectivity index (χ1) is 20.6. The van der Waals surface area contributed by atoms with Gasteiger partial charge < -0.3 is 15.2 Å². The number of hydrogen-bond acceptors (Lipinski definition) is 8. The maximum Gasteiger partial charge on any atom is 0.255 e. The number of halogens is 2. The van der Waals surface area contributed by atoms with Crippen LogP contribution >= 0.6 is 23.2 Å². The minimum atomic E-state index is -1.86. The number of hydroxylamine groups is 1. The number of pyridine rings is 1. The van der Waals surface area contributed by atoms with Crippen LogP contribution in [-0.4, -0.2) is 48.8 Å². The summed E-state index contributed by atoms with van der Waals surface area (Å²) in [4.78, 5) is 39.4. The van der Waals surface area contributed by atoms with Gasteiger partial charge >= 0.3 is 0 Å². The predicted octanol–water partition coefficient (Wildman–Crippen LogP) is 4.55. The van der Waals surface area contributed by atoms with Gasteiger partial charge in [-0.3, -0.25) is 23.6 Å². The third-order valence-corrected chi connectivity index (χ3v) is 7.99. The zero-order valence-electron chi connectivity index (χ0n) is 23.2. The maximum absolute atomic E-state index is 14.1. The number of nitrogens with one attached hydrogen (secondary N) is 1. The van der Waals surface area contributed by atoms with Gasteiger partial charge in [0, 0.05) is 33.9 Å². The van der Waals surface area contributed by atoms with Crippen LogP contribution < -0.4 is 11.2 Å². The minimum Gasteiger partial charge on any atom is -0.773 e. The first-order valence-electron chi connectivity index (χ1n) is 13.5. The third-order valence-electron chi connectivity index (χ3n) is 7.43. The Bertz CT molecular complexity index is 1530. The molecule has 1 aliphatic heterocycles. The molecule has 1 aliphatic carbocycles. The van der Waals surface area contributed by atoms with Crippen molar-refractivity contribution in [3.05, 3.63) is 98.8 Å². The van der Waals surface area contributed by atoms with Gasteiger partial charge in [-0.15, -0.1) is 0 Å². The van der Waals surface area contributed by atoms with Gasteiger partial charge in [0.2, 0.25) is 0 Å². The lowest BCUT2D eigenvalue weighted by atomic mass is 9.76. The second kappa shape index (κ2) is 14.9. The predicted molar refractivity (Wildman–Crippen MR) is 162 cm³/mol. The highest BCUT2D eigenvalue weighted by Gasteiger charge is 2.48. The second-order valence-electron chi connectivity index (χ2n) is 10.2. The van der Waals surface area contributed by atoms with Crippen LogP contribution in [0.2, 0.25) is 10.0 Å². The Balaban J connectivity index is 0.000000996. The van der Waals surface area contributed by atoms with Crippen molar-refractivity contribution >= 4 is 46.1 Å². The van der Waals surface area contributed by atoms with Gasteiger partial charge in [-0.1, -0.05) is 71.4 Å². The van der Waals surface area contributed by atoms with E-state index in [2.05, 4.69) is 10.5 Å². The summed E-state index contributed by atoms with van der Waals surface area (Å²) in [6.45, 7) is -0.00563. The van der Waals surface area contributed by atoms with Crippen LogP contribution in [0.25, 0.3) is 0 Å². The van der Waals surface area contributed by atoms with Crippen LogP contribution in [0.1, 0.15) is 70.4 Å². The monoisotopic (exact) mass is 642 g/mol. The molecule has 3 N–H and O–H groups in total. The number of nitrogens with zero attached hydrogens (tertiary/aromatic N) is 3. The number of benzene rings is 2. The number of nitriles is 1. The fourth-order valence-corrected chi connectivity index (χ4v) is 6.10. The molecule has 43 heavy (non-hydrogen) atoms. The van der Waals surface area contributed by atoms with Crippen molar-refractivity contribution in [2.24, 2.45) is 5.73 Å². The molecule has 1 fully saturated rings. The fraction of sp³-hybridized carbons (Fsp3) is 0.333. The zero-order valence-corrected chi connectivity index (χ0v) is 25.6. The molecular formula is C30H30Cl2N5O5S-. The molecule has 226 valence electrons. The van der Waals surface area contributed by atoms with Gasteiger partial charge in [-0.05, 0) is 60.6 Å². The van der Waals surface area contributed by atoms with Crippen molar-refractivity contribution in [2.75, 3.05) is 6.26 Å². The second-order valence-corrected chi connectivity index (χ2v) is 11.9. The van der Waals surface area contributed by atoms with E-state index < -0.39 is 28.9 Å². The average Bonchev–Trinajstić information content (AvgIpc) is 2.98.